The second-order valence-corrected chi connectivity index (χ2v) is 9.11. The van der Waals surface area contributed by atoms with Crippen LogP contribution in [0, 0.1) is 17.3 Å². The Morgan fingerprint density at radius 1 is 1.33 bits per heavy atom. The monoisotopic (exact) mass is 411 g/mol. The molecule has 0 N–H and O–H groups in total. The molecule has 0 fully saturated rings. The minimum Gasteiger partial charge on any atom is -0.371 e. The van der Waals surface area contributed by atoms with Crippen molar-refractivity contribution in [1.29, 1.82) is 0 Å². The molecule has 0 spiro atoms. The molecule has 0 radical (unpaired) electrons. The summed E-state index contributed by atoms with van der Waals surface area (Å²) in [4.78, 5) is 2.23. The summed E-state index contributed by atoms with van der Waals surface area (Å²) >= 11 is 0. The first-order chi connectivity index (χ1) is 14.1. The Hall–Kier alpha value is -2.09. The lowest BCUT2D eigenvalue weighted by Gasteiger charge is -2.35. The number of likely N-dealkylation sites (N-methyl/N-ethyl adjacent to an activating group) is 1. The third kappa shape index (κ3) is 7.31. The normalized spacial score (nSPS) is 20.6. The lowest BCUT2D eigenvalue weighted by Crippen LogP contribution is -2.32. The van der Waals surface area contributed by atoms with E-state index < -0.39 is 0 Å². The molecule has 0 aliphatic heterocycles. The van der Waals surface area contributed by atoms with Crippen molar-refractivity contribution in [2.75, 3.05) is 13.1 Å². The number of nitrogens with zero attached hydrogens (tertiary/aromatic N) is 1. The molecule has 0 amide bonds. The van der Waals surface area contributed by atoms with Gasteiger partial charge in [-0.2, -0.15) is 0 Å². The molecule has 0 aromatic heterocycles. The standard InChI is InChI=1S/C28H42FN/c1-10-13-14-15-22(5)26(27(29)23(6)21(4)11-2)24(7)30(12-3)20-25-16-18-28(8,9)19-17-25/h10-11,13-14,16,18,22,25H,1,6-7,12,15,17,19-20H2,2-5,8-9H3/b14-13-,21-11-,27-26-. The summed E-state index contributed by atoms with van der Waals surface area (Å²) in [5.74, 6) is 0.217. The van der Waals surface area contributed by atoms with Crippen molar-refractivity contribution < 1.29 is 4.39 Å². The highest BCUT2D eigenvalue weighted by molar-refractivity contribution is 5.48. The van der Waals surface area contributed by atoms with Gasteiger partial charge in [0.15, 0.2) is 0 Å². The van der Waals surface area contributed by atoms with Crippen LogP contribution in [-0.2, 0) is 0 Å². The second kappa shape index (κ2) is 11.9. The second-order valence-electron chi connectivity index (χ2n) is 9.11. The first-order valence-corrected chi connectivity index (χ1v) is 11.2. The topological polar surface area (TPSA) is 3.24 Å². The van der Waals surface area contributed by atoms with Gasteiger partial charge in [-0.05, 0) is 62.9 Å². The lowest BCUT2D eigenvalue weighted by atomic mass is 9.78. The molecule has 0 saturated carbocycles. The van der Waals surface area contributed by atoms with Crippen LogP contribution in [0.1, 0.15) is 60.8 Å². The van der Waals surface area contributed by atoms with Gasteiger partial charge in [0.1, 0.15) is 5.83 Å². The van der Waals surface area contributed by atoms with Gasteiger partial charge >= 0.3 is 0 Å². The molecule has 1 aliphatic rings. The summed E-state index contributed by atoms with van der Waals surface area (Å²) in [6.45, 7) is 26.3. The highest BCUT2D eigenvalue weighted by atomic mass is 19.1. The molecule has 0 aromatic carbocycles. The molecule has 30 heavy (non-hydrogen) atoms. The largest absolute Gasteiger partial charge is 0.371 e. The number of halogens is 1. The van der Waals surface area contributed by atoms with E-state index in [1.807, 2.05) is 32.1 Å². The molecule has 1 rings (SSSR count). The van der Waals surface area contributed by atoms with Gasteiger partial charge in [-0.25, -0.2) is 4.39 Å². The Morgan fingerprint density at radius 2 is 2.00 bits per heavy atom. The van der Waals surface area contributed by atoms with Gasteiger partial charge in [0.2, 0.25) is 0 Å². The molecule has 2 heteroatoms. The molecule has 0 heterocycles. The molecule has 0 aromatic rings. The van der Waals surface area contributed by atoms with Gasteiger partial charge in [0.05, 0.1) is 0 Å². The smallest absolute Gasteiger partial charge is 0.135 e. The third-order valence-electron chi connectivity index (χ3n) is 6.17. The van der Waals surface area contributed by atoms with Crippen molar-refractivity contribution in [1.82, 2.24) is 4.90 Å². The van der Waals surface area contributed by atoms with Crippen LogP contribution in [-0.4, -0.2) is 18.0 Å². The lowest BCUT2D eigenvalue weighted by molar-refractivity contribution is 0.278. The number of allylic oxidation sites excluding steroid dienone is 9. The van der Waals surface area contributed by atoms with Gasteiger partial charge < -0.3 is 4.90 Å². The molecule has 2 unspecified atom stereocenters. The predicted octanol–water partition coefficient (Wildman–Crippen LogP) is 8.33. The fourth-order valence-corrected chi connectivity index (χ4v) is 3.80. The van der Waals surface area contributed by atoms with E-state index in [4.69, 9.17) is 0 Å². The Morgan fingerprint density at radius 3 is 2.50 bits per heavy atom. The number of hydrogen-bond acceptors (Lipinski definition) is 1. The minimum absolute atomic E-state index is 0.00927. The van der Waals surface area contributed by atoms with Crippen molar-refractivity contribution in [2.45, 2.75) is 60.8 Å². The summed E-state index contributed by atoms with van der Waals surface area (Å²) < 4.78 is 15.7. The van der Waals surface area contributed by atoms with E-state index in [9.17, 15) is 0 Å². The summed E-state index contributed by atoms with van der Waals surface area (Å²) in [5.41, 5.74) is 3.01. The summed E-state index contributed by atoms with van der Waals surface area (Å²) in [7, 11) is 0. The zero-order chi connectivity index (χ0) is 22.9. The number of hydrogen-bond donors (Lipinski definition) is 0. The van der Waals surface area contributed by atoms with Crippen LogP contribution in [0.25, 0.3) is 0 Å². The SMILES string of the molecule is C=C/C=C\CC(C)/C(C(=C)N(CC)CC1C=CC(C)(C)CC1)=C(/F)C(=C)/C(C)=C\C. The van der Waals surface area contributed by atoms with Gasteiger partial charge in [0, 0.05) is 29.9 Å². The highest BCUT2D eigenvalue weighted by Gasteiger charge is 2.26. The quantitative estimate of drug-likeness (QED) is 0.244. The predicted molar refractivity (Wildman–Crippen MR) is 132 cm³/mol. The fourth-order valence-electron chi connectivity index (χ4n) is 3.80. The van der Waals surface area contributed by atoms with Crippen molar-refractivity contribution >= 4 is 0 Å². The zero-order valence-corrected chi connectivity index (χ0v) is 20.1. The van der Waals surface area contributed by atoms with Gasteiger partial charge in [-0.3, -0.25) is 0 Å². The van der Waals surface area contributed by atoms with Gasteiger partial charge in [-0.15, -0.1) is 0 Å². The van der Waals surface area contributed by atoms with E-state index in [-0.39, 0.29) is 17.2 Å². The van der Waals surface area contributed by atoms with Crippen molar-refractivity contribution in [2.24, 2.45) is 17.3 Å². The van der Waals surface area contributed by atoms with Gasteiger partial charge in [0.25, 0.3) is 0 Å². The van der Waals surface area contributed by atoms with Crippen molar-refractivity contribution in [3.05, 3.63) is 84.4 Å². The Bertz CT molecular complexity index is 745. The molecular formula is C28H42FN. The van der Waals surface area contributed by atoms with E-state index in [1.165, 1.54) is 6.42 Å². The van der Waals surface area contributed by atoms with Crippen LogP contribution in [0.4, 0.5) is 4.39 Å². The summed E-state index contributed by atoms with van der Waals surface area (Å²) in [6, 6.07) is 0. The van der Waals surface area contributed by atoms with E-state index in [1.54, 1.807) is 6.08 Å². The molecular weight excluding hydrogens is 369 g/mol. The third-order valence-corrected chi connectivity index (χ3v) is 6.17. The highest BCUT2D eigenvalue weighted by Crippen LogP contribution is 2.36. The van der Waals surface area contributed by atoms with Crippen LogP contribution < -0.4 is 0 Å². The molecule has 1 nitrogen and oxygen atoms in total. The van der Waals surface area contributed by atoms with Crippen LogP contribution >= 0.6 is 0 Å². The fraction of sp³-hybridized carbons (Fsp3) is 0.500. The molecule has 166 valence electrons. The first-order valence-electron chi connectivity index (χ1n) is 11.2. The average Bonchev–Trinajstić information content (AvgIpc) is 2.71. The van der Waals surface area contributed by atoms with E-state index in [2.05, 4.69) is 64.5 Å². The average molecular weight is 412 g/mol. The van der Waals surface area contributed by atoms with Crippen molar-refractivity contribution in [3.63, 3.8) is 0 Å². The maximum absolute atomic E-state index is 15.7. The van der Waals surface area contributed by atoms with E-state index in [0.717, 1.165) is 37.2 Å². The van der Waals surface area contributed by atoms with E-state index in [0.29, 0.717) is 17.1 Å². The molecule has 0 saturated heterocycles. The minimum atomic E-state index is -0.242. The molecule has 2 atom stereocenters. The molecule has 1 aliphatic carbocycles. The molecule has 0 bridgehead atoms. The van der Waals surface area contributed by atoms with Crippen LogP contribution in [0.5, 0.6) is 0 Å². The first kappa shape index (κ1) is 25.9. The Kier molecular flexibility index (Phi) is 10.3. The maximum Gasteiger partial charge on any atom is 0.135 e. The van der Waals surface area contributed by atoms with Crippen LogP contribution in [0.15, 0.2) is 84.4 Å². The maximum atomic E-state index is 15.7. The van der Waals surface area contributed by atoms with E-state index >= 15 is 4.39 Å². The zero-order valence-electron chi connectivity index (χ0n) is 20.1. The Balaban J connectivity index is 3.22. The summed E-state index contributed by atoms with van der Waals surface area (Å²) in [5, 5.41) is 0. The van der Waals surface area contributed by atoms with Crippen molar-refractivity contribution in [3.8, 4) is 0 Å². The summed E-state index contributed by atoms with van der Waals surface area (Å²) in [6.07, 6.45) is 15.3. The van der Waals surface area contributed by atoms with Crippen LogP contribution in [0.3, 0.4) is 0 Å². The Labute approximate surface area is 185 Å². The number of rotatable bonds is 11. The van der Waals surface area contributed by atoms with Crippen LogP contribution in [0.2, 0.25) is 0 Å². The van der Waals surface area contributed by atoms with Gasteiger partial charge in [-0.1, -0.05) is 77.0 Å².